The zero-order chi connectivity index (χ0) is 10.5. The van der Waals surface area contributed by atoms with E-state index in [1.807, 2.05) is 0 Å². The third-order valence-electron chi connectivity index (χ3n) is 1.11. The largest absolute Gasteiger partial charge is 0.481 e. The van der Waals surface area contributed by atoms with Crippen LogP contribution in [0, 0.1) is 0 Å². The Labute approximate surface area is 79.5 Å². The van der Waals surface area contributed by atoms with Gasteiger partial charge in [0.25, 0.3) is 0 Å². The fourth-order valence-electron chi connectivity index (χ4n) is 0.608. The first kappa shape index (κ1) is 12.9. The molecule has 0 heterocycles. The minimum absolute atomic E-state index is 0.0710. The molecule has 0 amide bonds. The third kappa shape index (κ3) is 8.27. The number of phosphoric ester groups is 1. The molecule has 0 spiro atoms. The minimum Gasteiger partial charge on any atom is -0.481 e. The van der Waals surface area contributed by atoms with Crippen LogP contribution in [0.15, 0.2) is 0 Å². The van der Waals surface area contributed by atoms with Gasteiger partial charge in [0.15, 0.2) is 0 Å². The normalized spacial score (nSPS) is 14.1. The molecule has 0 aliphatic heterocycles. The molecule has 1 atom stereocenters. The Bertz CT molecular complexity index is 213. The van der Waals surface area contributed by atoms with E-state index >= 15 is 0 Å². The number of carboxylic acid groups (broad SMARTS) is 1. The molecule has 0 aromatic rings. The SMILES string of the molecule is CSC(CCC(=O)O)OP(=O)(O)O. The van der Waals surface area contributed by atoms with Crippen LogP contribution in [0.5, 0.6) is 0 Å². The lowest BCUT2D eigenvalue weighted by Gasteiger charge is -2.14. The first-order valence-corrected chi connectivity index (χ1v) is 6.15. The lowest BCUT2D eigenvalue weighted by atomic mass is 10.3. The molecule has 8 heteroatoms. The zero-order valence-electron chi connectivity index (χ0n) is 6.91. The highest BCUT2D eigenvalue weighted by Crippen LogP contribution is 2.40. The standard InChI is InChI=1S/C5H11O6PS/c1-13-5(3-2-4(6)7)11-12(8,9)10/h5H,2-3H2,1H3,(H,6,7)(H2,8,9,10). The number of carboxylic acids is 1. The molecule has 0 aromatic heterocycles. The van der Waals surface area contributed by atoms with Gasteiger partial charge < -0.3 is 14.9 Å². The van der Waals surface area contributed by atoms with E-state index in [1.54, 1.807) is 6.26 Å². The summed E-state index contributed by atoms with van der Waals surface area (Å²) in [4.78, 5) is 27.0. The van der Waals surface area contributed by atoms with Gasteiger partial charge in [-0.15, -0.1) is 11.8 Å². The second-order valence-corrected chi connectivity index (χ2v) is 4.38. The summed E-state index contributed by atoms with van der Waals surface area (Å²) in [5, 5.41) is 8.30. The van der Waals surface area contributed by atoms with Crippen LogP contribution >= 0.6 is 19.6 Å². The summed E-state index contributed by atoms with van der Waals surface area (Å²) in [7, 11) is -4.51. The molecule has 0 rings (SSSR count). The summed E-state index contributed by atoms with van der Waals surface area (Å²) in [6, 6.07) is 0. The lowest BCUT2D eigenvalue weighted by molar-refractivity contribution is -0.137. The molecule has 0 fully saturated rings. The highest BCUT2D eigenvalue weighted by atomic mass is 32.2. The van der Waals surface area contributed by atoms with Crippen molar-refractivity contribution in [2.45, 2.75) is 18.3 Å². The summed E-state index contributed by atoms with van der Waals surface area (Å²) >= 11 is 1.06. The van der Waals surface area contributed by atoms with Gasteiger partial charge in [-0.05, 0) is 12.7 Å². The first-order valence-electron chi connectivity index (χ1n) is 3.33. The first-order chi connectivity index (χ1) is 5.85. The number of rotatable bonds is 6. The number of thioether (sulfide) groups is 1. The smallest absolute Gasteiger partial charge is 0.470 e. The molecule has 0 saturated carbocycles. The molecule has 0 bridgehead atoms. The van der Waals surface area contributed by atoms with Crippen LogP contribution in [-0.2, 0) is 13.9 Å². The zero-order valence-corrected chi connectivity index (χ0v) is 8.62. The van der Waals surface area contributed by atoms with Crippen molar-refractivity contribution < 1.29 is 28.8 Å². The van der Waals surface area contributed by atoms with E-state index in [0.717, 1.165) is 11.8 Å². The maximum absolute atomic E-state index is 10.4. The molecule has 0 radical (unpaired) electrons. The number of hydrogen-bond acceptors (Lipinski definition) is 4. The third-order valence-corrected chi connectivity index (χ3v) is 2.64. The maximum Gasteiger partial charge on any atom is 0.470 e. The Morgan fingerprint density at radius 1 is 1.62 bits per heavy atom. The summed E-state index contributed by atoms with van der Waals surface area (Å²) in [5.41, 5.74) is -0.781. The van der Waals surface area contributed by atoms with Gasteiger partial charge in [-0.2, -0.15) is 0 Å². The highest BCUT2D eigenvalue weighted by Gasteiger charge is 2.21. The average molecular weight is 230 g/mol. The second kappa shape index (κ2) is 5.62. The number of hydrogen-bond donors (Lipinski definition) is 3. The van der Waals surface area contributed by atoms with Crippen LogP contribution in [0.3, 0.4) is 0 Å². The molecular formula is C5H11O6PS. The van der Waals surface area contributed by atoms with Crippen LogP contribution in [0.25, 0.3) is 0 Å². The van der Waals surface area contributed by atoms with E-state index in [0.29, 0.717) is 0 Å². The Morgan fingerprint density at radius 2 is 2.15 bits per heavy atom. The van der Waals surface area contributed by atoms with Crippen molar-refractivity contribution in [1.29, 1.82) is 0 Å². The number of carbonyl (C=O) groups is 1. The maximum atomic E-state index is 10.4. The Morgan fingerprint density at radius 3 is 2.46 bits per heavy atom. The van der Waals surface area contributed by atoms with Gasteiger partial charge in [0, 0.05) is 6.42 Å². The van der Waals surface area contributed by atoms with E-state index < -0.39 is 19.2 Å². The van der Waals surface area contributed by atoms with E-state index in [2.05, 4.69) is 4.52 Å². The van der Waals surface area contributed by atoms with Crippen LogP contribution in [0.4, 0.5) is 0 Å². The minimum atomic E-state index is -4.51. The van der Waals surface area contributed by atoms with Crippen molar-refractivity contribution in [2.75, 3.05) is 6.26 Å². The molecule has 1 unspecified atom stereocenters. The Hall–Kier alpha value is -0.0700. The summed E-state index contributed by atoms with van der Waals surface area (Å²) < 4.78 is 14.7. The van der Waals surface area contributed by atoms with Gasteiger partial charge in [-0.1, -0.05) is 0 Å². The second-order valence-electron chi connectivity index (χ2n) is 2.19. The van der Waals surface area contributed by atoms with Gasteiger partial charge in [-0.3, -0.25) is 9.32 Å². The summed E-state index contributed by atoms with van der Waals surface area (Å²) in [6.45, 7) is 0. The van der Waals surface area contributed by atoms with Crippen molar-refractivity contribution >= 4 is 25.6 Å². The molecular weight excluding hydrogens is 219 g/mol. The molecule has 13 heavy (non-hydrogen) atoms. The van der Waals surface area contributed by atoms with Crippen LogP contribution in [0.1, 0.15) is 12.8 Å². The average Bonchev–Trinajstić information content (AvgIpc) is 1.95. The predicted molar refractivity (Wildman–Crippen MR) is 47.3 cm³/mol. The summed E-state index contributed by atoms with van der Waals surface area (Å²) in [6.07, 6.45) is 1.48. The van der Waals surface area contributed by atoms with Crippen molar-refractivity contribution in [1.82, 2.24) is 0 Å². The molecule has 3 N–H and O–H groups in total. The number of phosphoric acid groups is 1. The molecule has 6 nitrogen and oxygen atoms in total. The van der Waals surface area contributed by atoms with Gasteiger partial charge in [0.05, 0.1) is 0 Å². The van der Waals surface area contributed by atoms with Crippen LogP contribution in [0.2, 0.25) is 0 Å². The van der Waals surface area contributed by atoms with Crippen molar-refractivity contribution in [3.05, 3.63) is 0 Å². The van der Waals surface area contributed by atoms with Gasteiger partial charge in [-0.25, -0.2) is 4.57 Å². The van der Waals surface area contributed by atoms with Gasteiger partial charge in [0.1, 0.15) is 5.44 Å². The molecule has 0 saturated heterocycles. The van der Waals surface area contributed by atoms with Crippen LogP contribution in [-0.4, -0.2) is 32.6 Å². The quantitative estimate of drug-likeness (QED) is 0.454. The van der Waals surface area contributed by atoms with Crippen molar-refractivity contribution in [3.63, 3.8) is 0 Å². The van der Waals surface area contributed by atoms with Crippen molar-refractivity contribution in [3.8, 4) is 0 Å². The highest BCUT2D eigenvalue weighted by molar-refractivity contribution is 7.99. The topological polar surface area (TPSA) is 104 Å². The van der Waals surface area contributed by atoms with E-state index in [9.17, 15) is 9.36 Å². The fourth-order valence-corrected chi connectivity index (χ4v) is 2.05. The van der Waals surface area contributed by atoms with Gasteiger partial charge >= 0.3 is 13.8 Å². The Kier molecular flexibility index (Phi) is 5.59. The molecule has 78 valence electrons. The lowest BCUT2D eigenvalue weighted by Crippen LogP contribution is -2.09. The van der Waals surface area contributed by atoms with Crippen LogP contribution < -0.4 is 0 Å². The molecule has 0 aliphatic rings. The van der Waals surface area contributed by atoms with E-state index in [1.165, 1.54) is 0 Å². The van der Waals surface area contributed by atoms with E-state index in [-0.39, 0.29) is 12.8 Å². The number of aliphatic carboxylic acids is 1. The fraction of sp³-hybridized carbons (Fsp3) is 0.800. The molecule has 0 aromatic carbocycles. The van der Waals surface area contributed by atoms with Gasteiger partial charge in [0.2, 0.25) is 0 Å². The monoisotopic (exact) mass is 230 g/mol. The molecule has 0 aliphatic carbocycles. The van der Waals surface area contributed by atoms with E-state index in [4.69, 9.17) is 14.9 Å². The van der Waals surface area contributed by atoms with Crippen molar-refractivity contribution in [2.24, 2.45) is 0 Å². The Balaban J connectivity index is 3.90. The summed E-state index contributed by atoms with van der Waals surface area (Å²) in [5.74, 6) is -1.02. The predicted octanol–water partition coefficient (Wildman–Crippen LogP) is 0.650.